The van der Waals surface area contributed by atoms with Gasteiger partial charge >= 0.3 is 37.9 Å². The van der Waals surface area contributed by atoms with Crippen LogP contribution in [0.2, 0.25) is 13.1 Å². The van der Waals surface area contributed by atoms with E-state index in [1.807, 2.05) is 0 Å². The molecule has 0 nitrogen and oxygen atoms in total. The van der Waals surface area contributed by atoms with E-state index in [0.29, 0.717) is 0 Å². The Hall–Kier alpha value is -2.22. The van der Waals surface area contributed by atoms with Gasteiger partial charge in [0.2, 0.25) is 0 Å². The van der Waals surface area contributed by atoms with Crippen molar-refractivity contribution in [2.45, 2.75) is 106 Å². The summed E-state index contributed by atoms with van der Waals surface area (Å²) in [6, 6.07) is 36.4. The number of halogens is 2. The molecule has 6 aromatic carbocycles. The van der Waals surface area contributed by atoms with Crippen molar-refractivity contribution >= 4 is 48.1 Å². The molecule has 0 N–H and O–H groups in total. The molecule has 0 amide bonds. The zero-order valence-corrected chi connectivity index (χ0v) is 36.6. The topological polar surface area (TPSA) is 0 Å². The number of hydrogen-bond donors (Lipinski definition) is 0. The maximum atomic E-state index is 4.93. The van der Waals surface area contributed by atoms with Crippen LogP contribution in [-0.4, -0.2) is 9.52 Å². The number of rotatable bonds is 10. The summed E-state index contributed by atoms with van der Waals surface area (Å²) in [4.78, 5) is 0. The molecular weight excluding hydrogens is 743 g/mol. The second-order valence-electron chi connectivity index (χ2n) is 13.0. The van der Waals surface area contributed by atoms with Gasteiger partial charge in [0, 0.05) is 9.52 Å². The predicted octanol–water partition coefficient (Wildman–Crippen LogP) is 15.0. The van der Waals surface area contributed by atoms with Gasteiger partial charge in [0.25, 0.3) is 0 Å². The van der Waals surface area contributed by atoms with E-state index in [9.17, 15) is 0 Å². The van der Waals surface area contributed by atoms with Gasteiger partial charge in [-0.2, -0.15) is 12.1 Å². The van der Waals surface area contributed by atoms with Crippen LogP contribution in [0.5, 0.6) is 0 Å². The van der Waals surface area contributed by atoms with E-state index >= 15 is 0 Å². The fourth-order valence-corrected chi connectivity index (χ4v) is 6.82. The van der Waals surface area contributed by atoms with Gasteiger partial charge in [-0.05, 0) is 61.8 Å². The van der Waals surface area contributed by atoms with Crippen molar-refractivity contribution in [1.82, 2.24) is 0 Å². The first kappa shape index (κ1) is 42.2. The van der Waals surface area contributed by atoms with Crippen LogP contribution in [0.1, 0.15) is 86.8 Å². The van der Waals surface area contributed by atoms with Gasteiger partial charge in [-0.15, -0.1) is 69.1 Å². The van der Waals surface area contributed by atoms with E-state index in [1.54, 1.807) is 0 Å². The monoisotopic (exact) mass is 796 g/mol. The summed E-state index contributed by atoms with van der Waals surface area (Å²) in [7, 11) is 11.0. The first-order chi connectivity index (χ1) is 24.3. The Morgan fingerprint density at radius 1 is 0.580 bits per heavy atom. The molecule has 4 heteroatoms. The molecule has 0 aliphatic rings. The molecule has 0 saturated heterocycles. The van der Waals surface area contributed by atoms with E-state index in [4.69, 9.17) is 17.0 Å². The Morgan fingerprint density at radius 3 is 1.28 bits per heavy atom. The molecule has 0 heterocycles. The van der Waals surface area contributed by atoms with Crippen molar-refractivity contribution in [1.29, 1.82) is 0 Å². The molecule has 262 valence electrons. The third-order valence-electron chi connectivity index (χ3n) is 9.29. The molecule has 0 spiro atoms. The average Bonchev–Trinajstić information content (AvgIpc) is 3.74. The molecule has 50 heavy (non-hydrogen) atoms. The summed E-state index contributed by atoms with van der Waals surface area (Å²) in [6.45, 7) is 17.8. The van der Waals surface area contributed by atoms with Crippen molar-refractivity contribution in [3.8, 4) is 22.3 Å². The standard InChI is InChI=1S/2C22H25.C2H6Si.2ClH.Zr/c2*1-4-6-9-17-14-19-13-12-16(3)22(21(19)15-17)20-11-8-7-10-18(20)5-2;1-3-2;;;/h2*7-8,10-15H,4-6,9H2,1-3H3;1-2H3;2*1H;/q2*-1;;;;+4/p-2. The Balaban J connectivity index is 0.000000234. The van der Waals surface area contributed by atoms with E-state index in [0.717, 1.165) is 22.4 Å². The Bertz CT molecular complexity index is 1740. The third-order valence-corrected chi connectivity index (χ3v) is 9.29. The summed E-state index contributed by atoms with van der Waals surface area (Å²) < 4.78 is 0. The van der Waals surface area contributed by atoms with Crippen LogP contribution in [-0.2, 0) is 46.5 Å². The van der Waals surface area contributed by atoms with E-state index < -0.39 is 20.8 Å². The normalized spacial score (nSPS) is 10.4. The molecule has 6 rings (SSSR count). The van der Waals surface area contributed by atoms with Crippen LogP contribution in [0.3, 0.4) is 0 Å². The fourth-order valence-electron chi connectivity index (χ4n) is 6.82. The predicted molar refractivity (Wildman–Crippen MR) is 225 cm³/mol. The summed E-state index contributed by atoms with van der Waals surface area (Å²) in [5.41, 5.74) is 14.3. The first-order valence-corrected chi connectivity index (χ1v) is 26.7. The SMILES string of the molecule is CCCCc1cc2c(-c3ccccc3CC)c(C)ccc2[cH-]1.CCCCc1cc2c(-c3ccccc3CC)c(C)ccc2[cH-]1.C[Si]C.[Cl][Zr+2][Cl]. The summed E-state index contributed by atoms with van der Waals surface area (Å²) in [5, 5.41) is 5.62. The number of aryl methyl sites for hydroxylation is 6. The molecule has 0 aliphatic carbocycles. The molecule has 0 aromatic heterocycles. The zero-order chi connectivity index (χ0) is 36.5. The van der Waals surface area contributed by atoms with Gasteiger partial charge in [0.15, 0.2) is 0 Å². The average molecular weight is 799 g/mol. The minimum atomic E-state index is -0.826. The molecule has 0 aliphatic heterocycles. The van der Waals surface area contributed by atoms with Crippen LogP contribution in [0.15, 0.2) is 97.1 Å². The van der Waals surface area contributed by atoms with Gasteiger partial charge in [0.05, 0.1) is 0 Å². The van der Waals surface area contributed by atoms with Crippen LogP contribution >= 0.6 is 17.0 Å². The third kappa shape index (κ3) is 11.4. The van der Waals surface area contributed by atoms with Gasteiger partial charge in [-0.3, -0.25) is 0 Å². The van der Waals surface area contributed by atoms with Crippen molar-refractivity contribution < 1.29 is 20.8 Å². The molecule has 0 atom stereocenters. The number of unbranched alkanes of at least 4 members (excludes halogenated alkanes) is 2. The fraction of sp³-hybridized carbons (Fsp3) is 0.348. The number of fused-ring (bicyclic) bond motifs is 2. The van der Waals surface area contributed by atoms with Gasteiger partial charge < -0.3 is 0 Å². The quantitative estimate of drug-likeness (QED) is 0.0956. The second-order valence-corrected chi connectivity index (χ2v) is 17.8. The van der Waals surface area contributed by atoms with Crippen LogP contribution < -0.4 is 0 Å². The zero-order valence-electron chi connectivity index (χ0n) is 31.7. The van der Waals surface area contributed by atoms with E-state index in [1.165, 1.54) is 116 Å². The molecule has 0 saturated carbocycles. The molecule has 0 bridgehead atoms. The molecule has 2 radical (unpaired) electrons. The van der Waals surface area contributed by atoms with Crippen molar-refractivity contribution in [3.05, 3.63) is 130 Å². The van der Waals surface area contributed by atoms with Crippen LogP contribution in [0.4, 0.5) is 0 Å². The van der Waals surface area contributed by atoms with E-state index in [-0.39, 0.29) is 0 Å². The molecule has 0 fully saturated rings. The van der Waals surface area contributed by atoms with Gasteiger partial charge in [-0.25, -0.2) is 0 Å². The number of benzene rings is 4. The molecule has 0 unspecified atom stereocenters. The van der Waals surface area contributed by atoms with Crippen molar-refractivity contribution in [3.63, 3.8) is 0 Å². The number of hydrogen-bond acceptors (Lipinski definition) is 0. The minimum absolute atomic E-state index is 0.826. The molecular formula is C46H56Cl2SiZr. The van der Waals surface area contributed by atoms with Crippen LogP contribution in [0, 0.1) is 13.8 Å². The summed E-state index contributed by atoms with van der Waals surface area (Å²) >= 11 is -0.826. The second kappa shape index (κ2) is 22.7. The van der Waals surface area contributed by atoms with E-state index in [2.05, 4.69) is 152 Å². The van der Waals surface area contributed by atoms with Gasteiger partial charge in [-0.1, -0.05) is 137 Å². The Labute approximate surface area is 325 Å². The maximum absolute atomic E-state index is 4.93. The summed E-state index contributed by atoms with van der Waals surface area (Å²) in [5.74, 6) is 0. The van der Waals surface area contributed by atoms with Crippen LogP contribution in [0.25, 0.3) is 43.8 Å². The molecule has 6 aromatic rings. The van der Waals surface area contributed by atoms with Crippen molar-refractivity contribution in [2.75, 3.05) is 0 Å². The summed E-state index contributed by atoms with van der Waals surface area (Å²) in [6.07, 6.45) is 9.60. The van der Waals surface area contributed by atoms with Crippen molar-refractivity contribution in [2.24, 2.45) is 0 Å². The Kier molecular flexibility index (Phi) is 19.1. The first-order valence-electron chi connectivity index (χ1n) is 18.4. The Morgan fingerprint density at radius 2 is 0.940 bits per heavy atom. The van der Waals surface area contributed by atoms with Gasteiger partial charge in [0.1, 0.15) is 0 Å².